The van der Waals surface area contributed by atoms with Crippen molar-refractivity contribution in [3.8, 4) is 28.2 Å². The average Bonchev–Trinajstić information content (AvgIpc) is 3.39. The number of para-hydroxylation sites is 3. The van der Waals surface area contributed by atoms with E-state index in [1.54, 1.807) is 0 Å². The zero-order valence-electron chi connectivity index (χ0n) is 20.6. The maximum atomic E-state index is 5.10. The van der Waals surface area contributed by atoms with Gasteiger partial charge in [0.2, 0.25) is 0 Å². The first-order valence-corrected chi connectivity index (χ1v) is 12.9. The Morgan fingerprint density at radius 2 is 1.13 bits per heavy atom. The Morgan fingerprint density at radius 3 is 1.97 bits per heavy atom. The molecule has 0 saturated carbocycles. The Hall–Kier alpha value is -5.15. The normalized spacial score (nSPS) is 12.2. The highest BCUT2D eigenvalue weighted by atomic mass is 15.2. The maximum absolute atomic E-state index is 5.10. The zero-order valence-corrected chi connectivity index (χ0v) is 20.6. The van der Waals surface area contributed by atoms with Gasteiger partial charge in [0.1, 0.15) is 5.82 Å². The summed E-state index contributed by atoms with van der Waals surface area (Å²) in [4.78, 5) is 7.46. The van der Waals surface area contributed by atoms with E-state index in [2.05, 4.69) is 143 Å². The predicted octanol–water partition coefficient (Wildman–Crippen LogP) is 9.30. The molecule has 3 heteroatoms. The van der Waals surface area contributed by atoms with E-state index in [4.69, 9.17) is 4.98 Å². The highest BCUT2D eigenvalue weighted by Gasteiger charge is 2.29. The molecule has 38 heavy (non-hydrogen) atoms. The van der Waals surface area contributed by atoms with Crippen LogP contribution in [0.5, 0.6) is 0 Å². The minimum atomic E-state index is 0.965. The summed E-state index contributed by atoms with van der Waals surface area (Å²) in [5.41, 5.74) is 10.2. The lowest BCUT2D eigenvalue weighted by Gasteiger charge is -2.33. The zero-order chi connectivity index (χ0) is 25.1. The van der Waals surface area contributed by atoms with Crippen molar-refractivity contribution in [1.82, 2.24) is 9.55 Å². The summed E-state index contributed by atoms with van der Waals surface area (Å²) in [7, 11) is 0. The number of anilines is 3. The van der Waals surface area contributed by atoms with Crippen molar-refractivity contribution >= 4 is 38.9 Å². The fraction of sp³-hybridized carbons (Fsp3) is 0. The molecule has 0 aliphatic carbocycles. The number of imidazole rings is 1. The fourth-order valence-electron chi connectivity index (χ4n) is 5.73. The van der Waals surface area contributed by atoms with Crippen LogP contribution in [0.15, 0.2) is 140 Å². The van der Waals surface area contributed by atoms with Crippen molar-refractivity contribution in [2.24, 2.45) is 0 Å². The first kappa shape index (κ1) is 21.0. The third kappa shape index (κ3) is 3.12. The number of benzene rings is 6. The maximum Gasteiger partial charge on any atom is 0.145 e. The van der Waals surface area contributed by atoms with Crippen LogP contribution in [0.2, 0.25) is 0 Å². The molecule has 8 rings (SSSR count). The monoisotopic (exact) mass is 485 g/mol. The van der Waals surface area contributed by atoms with E-state index >= 15 is 0 Å². The van der Waals surface area contributed by atoms with E-state index in [9.17, 15) is 0 Å². The van der Waals surface area contributed by atoms with Gasteiger partial charge in [0.05, 0.1) is 28.1 Å². The Balaban J connectivity index is 1.30. The van der Waals surface area contributed by atoms with E-state index in [1.165, 1.54) is 21.9 Å². The van der Waals surface area contributed by atoms with E-state index in [0.29, 0.717) is 0 Å². The molecule has 0 bridgehead atoms. The SMILES string of the molecule is c1ccc(-c2nc3cccc4c3n2-c2ccccc2N4c2ccc(-c3ccc4ccccc4c3)cc2)cc1. The molecule has 0 amide bonds. The molecule has 1 aliphatic heterocycles. The summed E-state index contributed by atoms with van der Waals surface area (Å²) in [6, 6.07) is 49.6. The summed E-state index contributed by atoms with van der Waals surface area (Å²) in [6.07, 6.45) is 0. The minimum absolute atomic E-state index is 0.965. The van der Waals surface area contributed by atoms with Crippen LogP contribution in [-0.2, 0) is 0 Å². The van der Waals surface area contributed by atoms with Crippen molar-refractivity contribution in [2.45, 2.75) is 0 Å². The van der Waals surface area contributed by atoms with Crippen LogP contribution < -0.4 is 4.90 Å². The van der Waals surface area contributed by atoms with E-state index in [-0.39, 0.29) is 0 Å². The van der Waals surface area contributed by atoms with Gasteiger partial charge in [-0.2, -0.15) is 0 Å². The first-order chi connectivity index (χ1) is 18.8. The molecular formula is C35H23N3. The smallest absolute Gasteiger partial charge is 0.145 e. The molecule has 0 atom stereocenters. The number of aromatic nitrogens is 2. The van der Waals surface area contributed by atoms with Crippen LogP contribution in [0.1, 0.15) is 0 Å². The van der Waals surface area contributed by atoms with E-state index in [0.717, 1.165) is 45.2 Å². The molecule has 1 aromatic heterocycles. The second kappa shape index (κ2) is 8.19. The van der Waals surface area contributed by atoms with Crippen molar-refractivity contribution in [1.29, 1.82) is 0 Å². The number of hydrogen-bond acceptors (Lipinski definition) is 2. The number of hydrogen-bond donors (Lipinski definition) is 0. The lowest BCUT2D eigenvalue weighted by molar-refractivity contribution is 1.06. The topological polar surface area (TPSA) is 21.1 Å². The summed E-state index contributed by atoms with van der Waals surface area (Å²) in [5.74, 6) is 0.965. The van der Waals surface area contributed by atoms with Crippen LogP contribution in [-0.4, -0.2) is 9.55 Å². The van der Waals surface area contributed by atoms with Gasteiger partial charge in [-0.15, -0.1) is 0 Å². The van der Waals surface area contributed by atoms with Crippen LogP contribution in [0.25, 0.3) is 50.0 Å². The second-order valence-corrected chi connectivity index (χ2v) is 9.71. The van der Waals surface area contributed by atoms with Gasteiger partial charge in [-0.3, -0.25) is 4.57 Å². The van der Waals surface area contributed by atoms with Gasteiger partial charge in [0, 0.05) is 11.3 Å². The molecule has 0 saturated heterocycles. The third-order valence-electron chi connectivity index (χ3n) is 7.50. The van der Waals surface area contributed by atoms with Gasteiger partial charge in [-0.1, -0.05) is 97.1 Å². The highest BCUT2D eigenvalue weighted by Crippen LogP contribution is 2.48. The molecule has 6 aromatic carbocycles. The fourth-order valence-corrected chi connectivity index (χ4v) is 5.73. The van der Waals surface area contributed by atoms with Gasteiger partial charge in [0.15, 0.2) is 0 Å². The summed E-state index contributed by atoms with van der Waals surface area (Å²) in [5, 5.41) is 2.52. The van der Waals surface area contributed by atoms with Crippen molar-refractivity contribution in [3.63, 3.8) is 0 Å². The van der Waals surface area contributed by atoms with Gasteiger partial charge < -0.3 is 4.90 Å². The Morgan fingerprint density at radius 1 is 0.447 bits per heavy atom. The van der Waals surface area contributed by atoms with Gasteiger partial charge >= 0.3 is 0 Å². The molecule has 3 nitrogen and oxygen atoms in total. The molecule has 178 valence electrons. The lowest BCUT2D eigenvalue weighted by Crippen LogP contribution is -2.18. The summed E-state index contributed by atoms with van der Waals surface area (Å²) >= 11 is 0. The van der Waals surface area contributed by atoms with Crippen molar-refractivity contribution in [3.05, 3.63) is 140 Å². The number of nitrogens with zero attached hydrogens (tertiary/aromatic N) is 3. The van der Waals surface area contributed by atoms with Crippen molar-refractivity contribution < 1.29 is 0 Å². The van der Waals surface area contributed by atoms with Crippen LogP contribution in [0, 0.1) is 0 Å². The second-order valence-electron chi connectivity index (χ2n) is 9.71. The van der Waals surface area contributed by atoms with Gasteiger partial charge in [-0.05, 0) is 64.4 Å². The predicted molar refractivity (Wildman–Crippen MR) is 158 cm³/mol. The number of fused-ring (bicyclic) bond motifs is 3. The standard InChI is InChI=1S/C35H23N3/c1-2-10-26(11-3-1)35-36-30-13-8-16-33-34(30)38(35)32-15-7-6-14-31(32)37(33)29-21-19-25(20-22-29)28-18-17-24-9-4-5-12-27(24)23-28/h1-23H. The summed E-state index contributed by atoms with van der Waals surface area (Å²) < 4.78 is 2.31. The van der Waals surface area contributed by atoms with Crippen molar-refractivity contribution in [2.75, 3.05) is 4.90 Å². The first-order valence-electron chi connectivity index (χ1n) is 12.9. The van der Waals surface area contributed by atoms with Crippen LogP contribution in [0.4, 0.5) is 17.1 Å². The Bertz CT molecular complexity index is 1970. The van der Waals surface area contributed by atoms with Crippen LogP contribution in [0.3, 0.4) is 0 Å². The molecule has 0 radical (unpaired) electrons. The largest absolute Gasteiger partial charge is 0.306 e. The molecule has 0 spiro atoms. The molecule has 0 N–H and O–H groups in total. The Labute approximate surface area is 220 Å². The number of rotatable bonds is 3. The molecule has 2 heterocycles. The molecule has 0 fully saturated rings. The molecule has 0 unspecified atom stereocenters. The summed E-state index contributed by atoms with van der Waals surface area (Å²) in [6.45, 7) is 0. The highest BCUT2D eigenvalue weighted by molar-refractivity contribution is 6.03. The minimum Gasteiger partial charge on any atom is -0.306 e. The molecule has 7 aromatic rings. The lowest BCUT2D eigenvalue weighted by atomic mass is 10.0. The quantitative estimate of drug-likeness (QED) is 0.249. The molecular weight excluding hydrogens is 462 g/mol. The third-order valence-corrected chi connectivity index (χ3v) is 7.50. The van der Waals surface area contributed by atoms with E-state index in [1.807, 2.05) is 6.07 Å². The average molecular weight is 486 g/mol. The Kier molecular flexibility index (Phi) is 4.52. The van der Waals surface area contributed by atoms with Gasteiger partial charge in [0.25, 0.3) is 0 Å². The van der Waals surface area contributed by atoms with Crippen LogP contribution >= 0.6 is 0 Å². The van der Waals surface area contributed by atoms with Gasteiger partial charge in [-0.25, -0.2) is 4.98 Å². The van der Waals surface area contributed by atoms with E-state index < -0.39 is 0 Å². The molecule has 1 aliphatic rings.